The van der Waals surface area contributed by atoms with Crippen molar-refractivity contribution >= 4 is 5.84 Å². The van der Waals surface area contributed by atoms with Gasteiger partial charge in [-0.15, -0.1) is 0 Å². The number of aromatic nitrogens is 1. The van der Waals surface area contributed by atoms with E-state index in [-0.39, 0.29) is 11.8 Å². The minimum Gasteiger partial charge on any atom is -0.348 e. The van der Waals surface area contributed by atoms with Crippen LogP contribution in [0.1, 0.15) is 43.9 Å². The van der Waals surface area contributed by atoms with Gasteiger partial charge in [-0.2, -0.15) is 0 Å². The van der Waals surface area contributed by atoms with Gasteiger partial charge in [0.05, 0.1) is 18.8 Å². The smallest absolute Gasteiger partial charge is 0.185 e. The fraction of sp³-hybridized carbons (Fsp3) is 0.625. The Hall–Kier alpha value is -1.46. The number of ether oxygens (including phenoxy) is 2. The van der Waals surface area contributed by atoms with E-state index in [0.717, 1.165) is 30.2 Å². The van der Waals surface area contributed by atoms with E-state index < -0.39 is 0 Å². The van der Waals surface area contributed by atoms with E-state index in [2.05, 4.69) is 36.7 Å². The molecule has 1 aromatic rings. The molecule has 0 radical (unpaired) electrons. The maximum atomic E-state index is 5.55. The molecule has 5 nitrogen and oxygen atoms in total. The second-order valence-electron chi connectivity index (χ2n) is 6.65. The summed E-state index contributed by atoms with van der Waals surface area (Å²) >= 11 is 0. The van der Waals surface area contributed by atoms with Crippen LogP contribution >= 0.6 is 0 Å². The quantitative estimate of drug-likeness (QED) is 0.836. The Morgan fingerprint density at radius 2 is 2.10 bits per heavy atom. The maximum Gasteiger partial charge on any atom is 0.185 e. The third kappa shape index (κ3) is 1.99. The summed E-state index contributed by atoms with van der Waals surface area (Å²) in [6.45, 7) is 9.89. The zero-order chi connectivity index (χ0) is 14.6. The van der Waals surface area contributed by atoms with Crippen molar-refractivity contribution in [3.8, 4) is 0 Å². The summed E-state index contributed by atoms with van der Waals surface area (Å²) in [4.78, 5) is 12.0. The molecule has 1 saturated heterocycles. The first-order valence-electron chi connectivity index (χ1n) is 7.64. The molecular weight excluding hydrogens is 266 g/mol. The standard InChI is InChI=1S/C16H21N3O2/c1-10(2)16(3)9-19-8-12-6-11(15-20-4-5-21-15)7-17-13(12)14(19)18-16/h6-7,10,15H,4-5,8-9H2,1-3H3. The van der Waals surface area contributed by atoms with Gasteiger partial charge >= 0.3 is 0 Å². The lowest BCUT2D eigenvalue weighted by Crippen LogP contribution is -2.35. The highest BCUT2D eigenvalue weighted by Crippen LogP contribution is 2.36. The molecule has 1 fully saturated rings. The number of hydrogen-bond donors (Lipinski definition) is 0. The first kappa shape index (κ1) is 13.2. The number of amidine groups is 1. The molecule has 0 bridgehead atoms. The monoisotopic (exact) mass is 287 g/mol. The van der Waals surface area contributed by atoms with Crippen molar-refractivity contribution in [1.29, 1.82) is 0 Å². The fourth-order valence-corrected chi connectivity index (χ4v) is 3.19. The minimum atomic E-state index is -0.249. The summed E-state index contributed by atoms with van der Waals surface area (Å²) in [5, 5.41) is 0. The Bertz CT molecular complexity index is 608. The van der Waals surface area contributed by atoms with Gasteiger partial charge in [-0.25, -0.2) is 0 Å². The highest BCUT2D eigenvalue weighted by atomic mass is 16.7. The molecule has 0 N–H and O–H groups in total. The summed E-state index contributed by atoms with van der Waals surface area (Å²) in [5.41, 5.74) is 3.28. The van der Waals surface area contributed by atoms with E-state index in [1.165, 1.54) is 5.56 Å². The lowest BCUT2D eigenvalue weighted by molar-refractivity contribution is -0.0444. The van der Waals surface area contributed by atoms with Gasteiger partial charge < -0.3 is 14.4 Å². The molecule has 1 aromatic heterocycles. The zero-order valence-electron chi connectivity index (χ0n) is 12.8. The molecule has 1 atom stereocenters. The van der Waals surface area contributed by atoms with E-state index in [0.29, 0.717) is 19.1 Å². The number of hydrogen-bond acceptors (Lipinski definition) is 5. The van der Waals surface area contributed by atoms with Crippen LogP contribution in [0.25, 0.3) is 0 Å². The van der Waals surface area contributed by atoms with Gasteiger partial charge in [-0.3, -0.25) is 9.98 Å². The molecule has 4 heterocycles. The third-order valence-corrected chi connectivity index (χ3v) is 4.87. The molecule has 3 aliphatic rings. The molecule has 5 heteroatoms. The summed E-state index contributed by atoms with van der Waals surface area (Å²) in [5.74, 6) is 1.58. The maximum absolute atomic E-state index is 5.55. The van der Waals surface area contributed by atoms with Crippen molar-refractivity contribution in [2.45, 2.75) is 39.1 Å². The lowest BCUT2D eigenvalue weighted by atomic mass is 9.89. The van der Waals surface area contributed by atoms with Crippen molar-refractivity contribution in [1.82, 2.24) is 9.88 Å². The second-order valence-corrected chi connectivity index (χ2v) is 6.65. The second kappa shape index (κ2) is 4.52. The molecule has 0 saturated carbocycles. The normalized spacial score (nSPS) is 28.2. The van der Waals surface area contributed by atoms with Crippen LogP contribution < -0.4 is 0 Å². The zero-order valence-corrected chi connectivity index (χ0v) is 12.8. The molecule has 4 rings (SSSR count). The molecule has 112 valence electrons. The van der Waals surface area contributed by atoms with Crippen LogP contribution in [-0.4, -0.2) is 41.0 Å². The predicted octanol–water partition coefficient (Wildman–Crippen LogP) is 2.12. The van der Waals surface area contributed by atoms with Crippen LogP contribution in [0.4, 0.5) is 0 Å². The van der Waals surface area contributed by atoms with Crippen molar-refractivity contribution in [2.24, 2.45) is 10.9 Å². The molecule has 0 aromatic carbocycles. The van der Waals surface area contributed by atoms with E-state index in [1.54, 1.807) is 0 Å². The largest absolute Gasteiger partial charge is 0.348 e. The van der Waals surface area contributed by atoms with Gasteiger partial charge in [0.15, 0.2) is 12.1 Å². The Morgan fingerprint density at radius 3 is 2.81 bits per heavy atom. The van der Waals surface area contributed by atoms with E-state index in [9.17, 15) is 0 Å². The molecule has 3 aliphatic heterocycles. The third-order valence-electron chi connectivity index (χ3n) is 4.87. The Kier molecular flexibility index (Phi) is 2.84. The molecule has 1 unspecified atom stereocenters. The first-order valence-corrected chi connectivity index (χ1v) is 7.64. The lowest BCUT2D eigenvalue weighted by Gasteiger charge is -2.26. The molecule has 0 amide bonds. The topological polar surface area (TPSA) is 47.0 Å². The van der Waals surface area contributed by atoms with Gasteiger partial charge in [-0.1, -0.05) is 13.8 Å². The predicted molar refractivity (Wildman–Crippen MR) is 79.1 cm³/mol. The summed E-state index contributed by atoms with van der Waals surface area (Å²) in [7, 11) is 0. The summed E-state index contributed by atoms with van der Waals surface area (Å²) in [6.07, 6.45) is 1.62. The Balaban J connectivity index is 1.67. The van der Waals surface area contributed by atoms with Crippen LogP contribution in [0.5, 0.6) is 0 Å². The van der Waals surface area contributed by atoms with Gasteiger partial charge in [0.25, 0.3) is 0 Å². The molecule has 21 heavy (non-hydrogen) atoms. The van der Waals surface area contributed by atoms with Gasteiger partial charge in [0.1, 0.15) is 5.69 Å². The highest BCUT2D eigenvalue weighted by molar-refractivity contribution is 6.02. The number of nitrogens with zero attached hydrogens (tertiary/aromatic N) is 3. The number of rotatable bonds is 2. The number of aliphatic imine (C=N–C) groups is 1. The summed E-state index contributed by atoms with van der Waals surface area (Å²) < 4.78 is 11.1. The van der Waals surface area contributed by atoms with E-state index in [1.807, 2.05) is 6.20 Å². The van der Waals surface area contributed by atoms with Gasteiger partial charge in [0, 0.05) is 30.4 Å². The number of fused-ring (bicyclic) bond motifs is 3. The van der Waals surface area contributed by atoms with Crippen molar-refractivity contribution in [3.63, 3.8) is 0 Å². The van der Waals surface area contributed by atoms with Crippen LogP contribution in [0.2, 0.25) is 0 Å². The molecule has 0 spiro atoms. The Morgan fingerprint density at radius 1 is 1.33 bits per heavy atom. The fourth-order valence-electron chi connectivity index (χ4n) is 3.19. The molecule has 0 aliphatic carbocycles. The molecular formula is C16H21N3O2. The van der Waals surface area contributed by atoms with Crippen LogP contribution in [0.15, 0.2) is 17.3 Å². The number of pyridine rings is 1. The Labute approximate surface area is 125 Å². The van der Waals surface area contributed by atoms with Crippen LogP contribution in [-0.2, 0) is 16.0 Å². The minimum absolute atomic E-state index is 0.00501. The van der Waals surface area contributed by atoms with Crippen LogP contribution in [0, 0.1) is 5.92 Å². The van der Waals surface area contributed by atoms with Crippen molar-refractivity contribution in [3.05, 3.63) is 29.1 Å². The van der Waals surface area contributed by atoms with Crippen LogP contribution in [0.3, 0.4) is 0 Å². The summed E-state index contributed by atoms with van der Waals surface area (Å²) in [6, 6.07) is 2.16. The van der Waals surface area contributed by atoms with E-state index in [4.69, 9.17) is 14.5 Å². The van der Waals surface area contributed by atoms with Crippen molar-refractivity contribution < 1.29 is 9.47 Å². The average Bonchev–Trinajstić information content (AvgIpc) is 3.12. The highest BCUT2D eigenvalue weighted by Gasteiger charge is 2.42. The van der Waals surface area contributed by atoms with Gasteiger partial charge in [0.2, 0.25) is 0 Å². The van der Waals surface area contributed by atoms with Gasteiger partial charge in [-0.05, 0) is 18.9 Å². The van der Waals surface area contributed by atoms with E-state index >= 15 is 0 Å². The SMILES string of the molecule is CC(C)C1(C)CN2Cc3cc(C4OCCO4)cnc3C2=N1. The van der Waals surface area contributed by atoms with Crippen molar-refractivity contribution in [2.75, 3.05) is 19.8 Å². The average molecular weight is 287 g/mol. The first-order chi connectivity index (χ1) is 10.1.